The van der Waals surface area contributed by atoms with Crippen LogP contribution in [-0.2, 0) is 0 Å². The van der Waals surface area contributed by atoms with Crippen molar-refractivity contribution in [3.8, 4) is 0 Å². The van der Waals surface area contributed by atoms with Crippen LogP contribution in [0.1, 0.15) is 43.7 Å². The summed E-state index contributed by atoms with van der Waals surface area (Å²) >= 11 is 2.28. The van der Waals surface area contributed by atoms with Gasteiger partial charge in [-0.15, -0.1) is 0 Å². The van der Waals surface area contributed by atoms with Crippen molar-refractivity contribution < 1.29 is 0 Å². The van der Waals surface area contributed by atoms with Crippen LogP contribution in [0.25, 0.3) is 0 Å². The van der Waals surface area contributed by atoms with E-state index in [0.29, 0.717) is 5.92 Å². The minimum Gasteiger partial charge on any atom is -0.396 e. The maximum atomic E-state index is 6.04. The van der Waals surface area contributed by atoms with Crippen molar-refractivity contribution in [2.75, 3.05) is 5.73 Å². The molecule has 0 bridgehead atoms. The van der Waals surface area contributed by atoms with Crippen molar-refractivity contribution in [3.63, 3.8) is 0 Å². The number of rotatable bonds is 1. The second-order valence-electron chi connectivity index (χ2n) is 3.93. The monoisotopic (exact) mass is 302 g/mol. The first kappa shape index (κ1) is 10.2. The molecule has 1 heterocycles. The Labute approximate surface area is 98.4 Å². The van der Waals surface area contributed by atoms with Gasteiger partial charge < -0.3 is 5.73 Å². The molecular formula is C11H15IN2. The van der Waals surface area contributed by atoms with Gasteiger partial charge in [-0.1, -0.05) is 19.3 Å². The lowest BCUT2D eigenvalue weighted by molar-refractivity contribution is 0.437. The summed E-state index contributed by atoms with van der Waals surface area (Å²) in [5.74, 6) is 0.610. The van der Waals surface area contributed by atoms with Crippen LogP contribution in [0.4, 0.5) is 5.69 Å². The Morgan fingerprint density at radius 2 is 2.00 bits per heavy atom. The molecule has 1 saturated carbocycles. The maximum absolute atomic E-state index is 6.04. The summed E-state index contributed by atoms with van der Waals surface area (Å²) in [7, 11) is 0. The zero-order valence-corrected chi connectivity index (χ0v) is 10.3. The van der Waals surface area contributed by atoms with Gasteiger partial charge in [-0.05, 0) is 41.5 Å². The van der Waals surface area contributed by atoms with E-state index in [9.17, 15) is 0 Å². The van der Waals surface area contributed by atoms with Crippen molar-refractivity contribution in [3.05, 3.63) is 21.5 Å². The van der Waals surface area contributed by atoms with Crippen LogP contribution in [0.15, 0.2) is 12.3 Å². The highest BCUT2D eigenvalue weighted by Gasteiger charge is 2.19. The van der Waals surface area contributed by atoms with E-state index < -0.39 is 0 Å². The van der Waals surface area contributed by atoms with Gasteiger partial charge in [0.25, 0.3) is 0 Å². The number of hydrogen-bond donors (Lipinski definition) is 1. The van der Waals surface area contributed by atoms with Gasteiger partial charge in [-0.25, -0.2) is 0 Å². The maximum Gasteiger partial charge on any atom is 0.0674 e. The summed E-state index contributed by atoms with van der Waals surface area (Å²) in [6.07, 6.45) is 8.44. The molecule has 1 aromatic rings. The number of anilines is 1. The summed E-state index contributed by atoms with van der Waals surface area (Å²) in [6.45, 7) is 0. The van der Waals surface area contributed by atoms with Gasteiger partial charge in [-0.3, -0.25) is 4.98 Å². The Morgan fingerprint density at radius 1 is 1.29 bits per heavy atom. The van der Waals surface area contributed by atoms with Gasteiger partial charge in [0.2, 0.25) is 0 Å². The fourth-order valence-electron chi connectivity index (χ4n) is 2.17. The lowest BCUT2D eigenvalue weighted by Crippen LogP contribution is -2.10. The van der Waals surface area contributed by atoms with E-state index in [1.807, 2.05) is 12.3 Å². The number of halogens is 1. The van der Waals surface area contributed by atoms with Gasteiger partial charge in [0, 0.05) is 15.7 Å². The topological polar surface area (TPSA) is 38.9 Å². The van der Waals surface area contributed by atoms with E-state index in [0.717, 1.165) is 15.0 Å². The summed E-state index contributed by atoms with van der Waals surface area (Å²) in [5.41, 5.74) is 8.08. The van der Waals surface area contributed by atoms with Crippen molar-refractivity contribution in [2.45, 2.75) is 38.0 Å². The average molecular weight is 302 g/mol. The summed E-state index contributed by atoms with van der Waals surface area (Å²) < 4.78 is 1.14. The van der Waals surface area contributed by atoms with Gasteiger partial charge >= 0.3 is 0 Å². The number of nitrogens with zero attached hydrogens (tertiary/aromatic N) is 1. The van der Waals surface area contributed by atoms with Crippen LogP contribution in [-0.4, -0.2) is 4.98 Å². The van der Waals surface area contributed by atoms with Crippen molar-refractivity contribution in [2.24, 2.45) is 0 Å². The van der Waals surface area contributed by atoms with E-state index in [1.165, 1.54) is 32.1 Å². The van der Waals surface area contributed by atoms with Gasteiger partial charge in [0.15, 0.2) is 0 Å². The van der Waals surface area contributed by atoms with Crippen LogP contribution in [0.5, 0.6) is 0 Å². The quantitative estimate of drug-likeness (QED) is 0.808. The number of nitrogens with two attached hydrogens (primary N) is 1. The molecule has 1 fully saturated rings. The number of pyridine rings is 1. The zero-order valence-electron chi connectivity index (χ0n) is 8.17. The van der Waals surface area contributed by atoms with Crippen molar-refractivity contribution in [1.82, 2.24) is 4.98 Å². The molecule has 1 aliphatic carbocycles. The molecule has 0 radical (unpaired) electrons. The Hall–Kier alpha value is -0.320. The number of hydrogen-bond acceptors (Lipinski definition) is 2. The van der Waals surface area contributed by atoms with Crippen LogP contribution in [0.3, 0.4) is 0 Å². The van der Waals surface area contributed by atoms with E-state index in [4.69, 9.17) is 5.73 Å². The first-order chi connectivity index (χ1) is 6.79. The predicted molar refractivity (Wildman–Crippen MR) is 67.2 cm³/mol. The van der Waals surface area contributed by atoms with Gasteiger partial charge in [0.1, 0.15) is 0 Å². The Balaban J connectivity index is 2.26. The molecule has 2 N–H and O–H groups in total. The van der Waals surface area contributed by atoms with Crippen LogP contribution >= 0.6 is 22.6 Å². The number of aromatic nitrogens is 1. The lowest BCUT2D eigenvalue weighted by atomic mass is 9.86. The standard InChI is InChI=1S/C11H15IN2/c12-9-6-7-14-11(10(9)13)8-4-2-1-3-5-8/h6-8H,1-5,13H2. The lowest BCUT2D eigenvalue weighted by Gasteiger charge is -2.22. The van der Waals surface area contributed by atoms with E-state index in [2.05, 4.69) is 27.6 Å². The highest BCUT2D eigenvalue weighted by Crippen LogP contribution is 2.35. The molecule has 2 nitrogen and oxygen atoms in total. The zero-order chi connectivity index (χ0) is 9.97. The minimum atomic E-state index is 0.610. The molecule has 2 rings (SSSR count). The SMILES string of the molecule is Nc1c(I)ccnc1C1CCCCC1. The summed E-state index contributed by atoms with van der Waals surface area (Å²) in [4.78, 5) is 4.43. The fourth-order valence-corrected chi connectivity index (χ4v) is 2.60. The highest BCUT2D eigenvalue weighted by atomic mass is 127. The van der Waals surface area contributed by atoms with E-state index in [1.54, 1.807) is 0 Å². The van der Waals surface area contributed by atoms with Crippen LogP contribution in [0, 0.1) is 3.57 Å². The molecule has 1 aliphatic rings. The molecule has 76 valence electrons. The fraction of sp³-hybridized carbons (Fsp3) is 0.545. The normalized spacial score (nSPS) is 18.4. The highest BCUT2D eigenvalue weighted by molar-refractivity contribution is 14.1. The third-order valence-corrected chi connectivity index (χ3v) is 3.90. The molecule has 3 heteroatoms. The molecular weight excluding hydrogens is 287 g/mol. The Bertz CT molecular complexity index is 319. The van der Waals surface area contributed by atoms with Crippen LogP contribution in [0.2, 0.25) is 0 Å². The third-order valence-electron chi connectivity index (χ3n) is 2.96. The molecule has 0 atom stereocenters. The molecule has 0 saturated heterocycles. The summed E-state index contributed by atoms with van der Waals surface area (Å²) in [5, 5.41) is 0. The molecule has 1 aromatic heterocycles. The summed E-state index contributed by atoms with van der Waals surface area (Å²) in [6, 6.07) is 1.97. The second kappa shape index (κ2) is 4.47. The van der Waals surface area contributed by atoms with Crippen molar-refractivity contribution >= 4 is 28.3 Å². The number of nitrogen functional groups attached to an aromatic ring is 1. The van der Waals surface area contributed by atoms with E-state index >= 15 is 0 Å². The molecule has 0 amide bonds. The Morgan fingerprint density at radius 3 is 2.71 bits per heavy atom. The largest absolute Gasteiger partial charge is 0.396 e. The molecule has 0 aliphatic heterocycles. The molecule has 0 aromatic carbocycles. The van der Waals surface area contributed by atoms with Crippen LogP contribution < -0.4 is 5.73 Å². The first-order valence-corrected chi connectivity index (χ1v) is 6.27. The molecule has 0 unspecified atom stereocenters. The van der Waals surface area contributed by atoms with Crippen molar-refractivity contribution in [1.29, 1.82) is 0 Å². The first-order valence-electron chi connectivity index (χ1n) is 5.19. The van der Waals surface area contributed by atoms with Gasteiger partial charge in [0.05, 0.1) is 11.4 Å². The second-order valence-corrected chi connectivity index (χ2v) is 5.09. The minimum absolute atomic E-state index is 0.610. The molecule has 0 spiro atoms. The van der Waals surface area contributed by atoms with E-state index in [-0.39, 0.29) is 0 Å². The average Bonchev–Trinajstić information content (AvgIpc) is 2.23. The Kier molecular flexibility index (Phi) is 3.26. The molecule has 14 heavy (non-hydrogen) atoms. The van der Waals surface area contributed by atoms with Gasteiger partial charge in [-0.2, -0.15) is 0 Å². The predicted octanol–water partition coefficient (Wildman–Crippen LogP) is 3.32. The smallest absolute Gasteiger partial charge is 0.0674 e. The third kappa shape index (κ3) is 2.02.